The molecule has 100 valence electrons. The minimum absolute atomic E-state index is 0.448. The van der Waals surface area contributed by atoms with Crippen molar-refractivity contribution in [3.8, 4) is 5.88 Å². The lowest BCUT2D eigenvalue weighted by Gasteiger charge is -2.04. The fourth-order valence-electron chi connectivity index (χ4n) is 1.62. The Bertz CT molecular complexity index is 805. The van der Waals surface area contributed by atoms with Crippen molar-refractivity contribution in [3.63, 3.8) is 0 Å². The number of rotatable bonds is 3. The lowest BCUT2D eigenvalue weighted by atomic mass is 10.2. The van der Waals surface area contributed by atoms with E-state index in [4.69, 9.17) is 0 Å². The first-order valence-corrected chi connectivity index (χ1v) is 6.87. The van der Waals surface area contributed by atoms with Crippen LogP contribution >= 0.6 is 0 Å². The molecule has 0 fully saturated rings. The molecule has 0 atom stereocenters. The van der Waals surface area contributed by atoms with Crippen molar-refractivity contribution in [3.05, 3.63) is 56.7 Å². The lowest BCUT2D eigenvalue weighted by molar-refractivity contribution is 0.429. The van der Waals surface area contributed by atoms with Gasteiger partial charge in [-0.25, -0.2) is 13.2 Å². The van der Waals surface area contributed by atoms with Crippen LogP contribution in [0.4, 0.5) is 0 Å². The van der Waals surface area contributed by atoms with Gasteiger partial charge in [-0.1, -0.05) is 30.3 Å². The molecule has 0 spiro atoms. The van der Waals surface area contributed by atoms with Crippen molar-refractivity contribution in [1.82, 2.24) is 9.97 Å². The summed E-state index contributed by atoms with van der Waals surface area (Å²) >= 11 is 0. The van der Waals surface area contributed by atoms with Crippen molar-refractivity contribution in [2.45, 2.75) is 10.6 Å². The maximum atomic E-state index is 12.1. The maximum Gasteiger partial charge on any atom is 0.328 e. The average molecular weight is 282 g/mol. The fourth-order valence-corrected chi connectivity index (χ4v) is 3.07. The van der Waals surface area contributed by atoms with E-state index in [0.717, 1.165) is 0 Å². The first-order valence-electron chi connectivity index (χ1n) is 5.22. The number of nitrogens with one attached hydrogen (secondary N) is 2. The molecule has 3 N–H and O–H groups in total. The van der Waals surface area contributed by atoms with Gasteiger partial charge in [-0.05, 0) is 5.56 Å². The summed E-state index contributed by atoms with van der Waals surface area (Å²) in [5.74, 6) is -1.40. The van der Waals surface area contributed by atoms with Crippen molar-refractivity contribution in [2.24, 2.45) is 0 Å². The molecule has 0 bridgehead atoms. The minimum atomic E-state index is -4.06. The van der Waals surface area contributed by atoms with Gasteiger partial charge < -0.3 is 5.11 Å². The largest absolute Gasteiger partial charge is 0.493 e. The van der Waals surface area contributed by atoms with Crippen LogP contribution in [-0.4, -0.2) is 23.5 Å². The Morgan fingerprint density at radius 2 is 1.68 bits per heavy atom. The molecule has 0 aliphatic heterocycles. The molecular formula is C11H10N2O5S. The fraction of sp³-hybridized carbons (Fsp3) is 0.0909. The van der Waals surface area contributed by atoms with Gasteiger partial charge in [-0.3, -0.25) is 14.8 Å². The Morgan fingerprint density at radius 1 is 1.05 bits per heavy atom. The predicted octanol–water partition coefficient (Wildman–Crippen LogP) is -0.257. The second kappa shape index (κ2) is 4.73. The molecular weight excluding hydrogens is 272 g/mol. The highest BCUT2D eigenvalue weighted by Gasteiger charge is 2.24. The highest BCUT2D eigenvalue weighted by atomic mass is 32.2. The van der Waals surface area contributed by atoms with Gasteiger partial charge in [-0.2, -0.15) is 0 Å². The molecule has 0 unspecified atom stereocenters. The molecule has 2 rings (SSSR count). The number of aromatic amines is 2. The number of aromatic hydroxyl groups is 1. The molecule has 19 heavy (non-hydrogen) atoms. The average Bonchev–Trinajstić information content (AvgIpc) is 2.27. The molecule has 1 aromatic carbocycles. The van der Waals surface area contributed by atoms with Gasteiger partial charge in [-0.15, -0.1) is 0 Å². The molecule has 8 heteroatoms. The first kappa shape index (κ1) is 13.1. The first-order chi connectivity index (χ1) is 8.90. The normalized spacial score (nSPS) is 11.4. The SMILES string of the molecule is O=c1[nH]c(O)c(S(=O)(=O)Cc2ccccc2)c(=O)[nH]1. The van der Waals surface area contributed by atoms with Gasteiger partial charge >= 0.3 is 5.69 Å². The Kier molecular flexibility index (Phi) is 3.26. The van der Waals surface area contributed by atoms with Crippen LogP contribution < -0.4 is 11.2 Å². The predicted molar refractivity (Wildman–Crippen MR) is 66.7 cm³/mol. The van der Waals surface area contributed by atoms with Crippen LogP contribution in [0.1, 0.15) is 5.56 Å². The van der Waals surface area contributed by atoms with E-state index in [-0.39, 0.29) is 0 Å². The molecule has 0 saturated heterocycles. The van der Waals surface area contributed by atoms with Gasteiger partial charge in [0.25, 0.3) is 5.56 Å². The number of hydrogen-bond acceptors (Lipinski definition) is 5. The minimum Gasteiger partial charge on any atom is -0.493 e. The summed E-state index contributed by atoms with van der Waals surface area (Å²) in [5, 5.41) is 9.43. The zero-order chi connectivity index (χ0) is 14.0. The maximum absolute atomic E-state index is 12.1. The molecule has 7 nitrogen and oxygen atoms in total. The molecule has 0 aliphatic carbocycles. The third-order valence-corrected chi connectivity index (χ3v) is 4.10. The van der Waals surface area contributed by atoms with Crippen molar-refractivity contribution in [1.29, 1.82) is 0 Å². The highest BCUT2D eigenvalue weighted by Crippen LogP contribution is 2.18. The summed E-state index contributed by atoms with van der Waals surface area (Å²) in [5.41, 5.74) is -1.65. The standard InChI is InChI=1S/C11H10N2O5S/c14-9-8(10(15)13-11(16)12-9)19(17,18)6-7-4-2-1-3-5-7/h1-5H,6H2,(H3,12,13,14,15,16). The molecule has 0 aliphatic rings. The number of H-pyrrole nitrogens is 2. The van der Waals surface area contributed by atoms with Gasteiger partial charge in [0.1, 0.15) is 0 Å². The van der Waals surface area contributed by atoms with E-state index < -0.39 is 37.6 Å². The Balaban J connectivity index is 2.53. The number of sulfone groups is 1. The zero-order valence-corrected chi connectivity index (χ0v) is 10.4. The Labute approximate surface area is 107 Å². The van der Waals surface area contributed by atoms with Gasteiger partial charge in [0.05, 0.1) is 5.75 Å². The molecule has 0 radical (unpaired) electrons. The van der Waals surface area contributed by atoms with E-state index in [1.165, 1.54) is 0 Å². The van der Waals surface area contributed by atoms with Crippen LogP contribution in [0, 0.1) is 0 Å². The summed E-state index contributed by atoms with van der Waals surface area (Å²) in [7, 11) is -4.06. The second-order valence-electron chi connectivity index (χ2n) is 3.83. The van der Waals surface area contributed by atoms with Crippen LogP contribution in [0.15, 0.2) is 44.8 Å². The quantitative estimate of drug-likeness (QED) is 0.716. The molecule has 0 amide bonds. The lowest BCUT2D eigenvalue weighted by Crippen LogP contribution is -2.27. The topological polar surface area (TPSA) is 120 Å². The monoisotopic (exact) mass is 282 g/mol. The van der Waals surface area contributed by atoms with Crippen molar-refractivity contribution >= 4 is 9.84 Å². The van der Waals surface area contributed by atoms with E-state index in [9.17, 15) is 23.1 Å². The Hall–Kier alpha value is -2.35. The summed E-state index contributed by atoms with van der Waals surface area (Å²) in [6.45, 7) is 0. The second-order valence-corrected chi connectivity index (χ2v) is 5.76. The molecule has 0 saturated carbocycles. The van der Waals surface area contributed by atoms with Crippen LogP contribution in [0.2, 0.25) is 0 Å². The smallest absolute Gasteiger partial charge is 0.328 e. The third-order valence-electron chi connectivity index (χ3n) is 2.39. The van der Waals surface area contributed by atoms with Gasteiger partial charge in [0.2, 0.25) is 5.88 Å². The Morgan fingerprint density at radius 3 is 2.26 bits per heavy atom. The van der Waals surface area contributed by atoms with Gasteiger partial charge in [0, 0.05) is 0 Å². The number of hydrogen-bond donors (Lipinski definition) is 3. The van der Waals surface area contributed by atoms with E-state index in [1.54, 1.807) is 35.3 Å². The van der Waals surface area contributed by atoms with Gasteiger partial charge in [0.15, 0.2) is 14.7 Å². The summed E-state index contributed by atoms with van der Waals surface area (Å²) < 4.78 is 24.1. The number of aromatic nitrogens is 2. The summed E-state index contributed by atoms with van der Waals surface area (Å²) in [6, 6.07) is 8.19. The van der Waals surface area contributed by atoms with E-state index >= 15 is 0 Å². The van der Waals surface area contributed by atoms with Crippen molar-refractivity contribution in [2.75, 3.05) is 0 Å². The summed E-state index contributed by atoms with van der Waals surface area (Å²) in [6.07, 6.45) is 0. The van der Waals surface area contributed by atoms with Crippen LogP contribution in [0.25, 0.3) is 0 Å². The molecule has 1 heterocycles. The highest BCUT2D eigenvalue weighted by molar-refractivity contribution is 7.90. The van der Waals surface area contributed by atoms with E-state index in [0.29, 0.717) is 5.56 Å². The summed E-state index contributed by atoms with van der Waals surface area (Å²) in [4.78, 5) is 25.1. The number of benzene rings is 1. The third kappa shape index (κ3) is 2.74. The van der Waals surface area contributed by atoms with Crippen molar-refractivity contribution < 1.29 is 13.5 Å². The zero-order valence-electron chi connectivity index (χ0n) is 9.58. The van der Waals surface area contributed by atoms with Crippen LogP contribution in [0.3, 0.4) is 0 Å². The van der Waals surface area contributed by atoms with E-state index in [2.05, 4.69) is 0 Å². The van der Waals surface area contributed by atoms with E-state index in [1.807, 2.05) is 4.98 Å². The van der Waals surface area contributed by atoms with Crippen LogP contribution in [-0.2, 0) is 15.6 Å². The van der Waals surface area contributed by atoms with Crippen LogP contribution in [0.5, 0.6) is 5.88 Å². The molecule has 1 aromatic heterocycles. The molecule has 2 aromatic rings.